The zero-order chi connectivity index (χ0) is 11.7. The van der Waals surface area contributed by atoms with E-state index in [2.05, 4.69) is 11.4 Å². The summed E-state index contributed by atoms with van der Waals surface area (Å²) in [5.41, 5.74) is 2.47. The second-order valence-electron chi connectivity index (χ2n) is 5.46. The van der Waals surface area contributed by atoms with Crippen LogP contribution in [0.4, 0.5) is 0 Å². The van der Waals surface area contributed by atoms with Crippen LogP contribution >= 0.6 is 0 Å². The summed E-state index contributed by atoms with van der Waals surface area (Å²) >= 11 is 0. The standard InChI is InChI=1S/C15H21NO/c17-14-9-5-8-12-13(14)10-16-15(12)11-6-3-1-2-4-7-11/h5,8-9,11,15-17H,1-4,6-7,10H2. The van der Waals surface area contributed by atoms with Crippen molar-refractivity contribution in [3.63, 3.8) is 0 Å². The highest BCUT2D eigenvalue weighted by Gasteiger charge is 2.30. The Morgan fingerprint density at radius 3 is 2.59 bits per heavy atom. The number of phenolic OH excluding ortho intramolecular Hbond substituents is 1. The van der Waals surface area contributed by atoms with Crippen LogP contribution in [0.3, 0.4) is 0 Å². The van der Waals surface area contributed by atoms with Crippen LogP contribution < -0.4 is 5.32 Å². The van der Waals surface area contributed by atoms with Gasteiger partial charge in [0, 0.05) is 18.2 Å². The van der Waals surface area contributed by atoms with E-state index in [1.165, 1.54) is 44.1 Å². The Balaban J connectivity index is 1.84. The van der Waals surface area contributed by atoms with Gasteiger partial charge in [0.1, 0.15) is 5.75 Å². The van der Waals surface area contributed by atoms with Gasteiger partial charge in [-0.3, -0.25) is 0 Å². The maximum atomic E-state index is 9.86. The van der Waals surface area contributed by atoms with Crippen molar-refractivity contribution in [2.75, 3.05) is 0 Å². The molecule has 2 heteroatoms. The molecule has 3 rings (SSSR count). The first-order valence-corrected chi connectivity index (χ1v) is 6.90. The molecule has 0 aromatic heterocycles. The number of benzene rings is 1. The molecule has 2 nitrogen and oxygen atoms in total. The Labute approximate surface area is 103 Å². The van der Waals surface area contributed by atoms with Crippen LogP contribution in [0.1, 0.15) is 55.7 Å². The molecule has 0 spiro atoms. The van der Waals surface area contributed by atoms with E-state index in [4.69, 9.17) is 0 Å². The number of rotatable bonds is 1. The number of hydrogen-bond donors (Lipinski definition) is 2. The summed E-state index contributed by atoms with van der Waals surface area (Å²) in [6.45, 7) is 0.836. The van der Waals surface area contributed by atoms with Gasteiger partial charge in [-0.15, -0.1) is 0 Å². The van der Waals surface area contributed by atoms with Gasteiger partial charge in [-0.1, -0.05) is 37.8 Å². The maximum absolute atomic E-state index is 9.86. The summed E-state index contributed by atoms with van der Waals surface area (Å²) in [5, 5.41) is 13.5. The summed E-state index contributed by atoms with van der Waals surface area (Å²) in [6, 6.07) is 6.45. The van der Waals surface area contributed by atoms with Crippen LogP contribution in [0.5, 0.6) is 5.75 Å². The lowest BCUT2D eigenvalue weighted by atomic mass is 9.87. The SMILES string of the molecule is Oc1cccc2c1CNC2C1CCCCCC1. The fourth-order valence-electron chi connectivity index (χ4n) is 3.46. The van der Waals surface area contributed by atoms with Gasteiger partial charge in [-0.2, -0.15) is 0 Å². The minimum absolute atomic E-state index is 0.464. The van der Waals surface area contributed by atoms with Gasteiger partial charge in [0.2, 0.25) is 0 Å². The van der Waals surface area contributed by atoms with Gasteiger partial charge in [0.25, 0.3) is 0 Å². The van der Waals surface area contributed by atoms with E-state index in [-0.39, 0.29) is 0 Å². The Hall–Kier alpha value is -1.02. The molecular weight excluding hydrogens is 210 g/mol. The lowest BCUT2D eigenvalue weighted by molar-refractivity contribution is 0.342. The van der Waals surface area contributed by atoms with Crippen molar-refractivity contribution in [3.8, 4) is 5.75 Å². The molecule has 1 aliphatic heterocycles. The zero-order valence-electron chi connectivity index (χ0n) is 10.3. The first-order valence-electron chi connectivity index (χ1n) is 6.90. The lowest BCUT2D eigenvalue weighted by Crippen LogP contribution is -2.21. The number of aromatic hydroxyl groups is 1. The molecule has 2 N–H and O–H groups in total. The average Bonchev–Trinajstić information content (AvgIpc) is 2.59. The number of fused-ring (bicyclic) bond motifs is 1. The van der Waals surface area contributed by atoms with Crippen molar-refractivity contribution in [1.82, 2.24) is 5.32 Å². The largest absolute Gasteiger partial charge is 0.508 e. The molecule has 2 aliphatic rings. The first kappa shape index (κ1) is 11.1. The van der Waals surface area contributed by atoms with Gasteiger partial charge in [0.15, 0.2) is 0 Å². The van der Waals surface area contributed by atoms with Crippen molar-refractivity contribution in [1.29, 1.82) is 0 Å². The highest BCUT2D eigenvalue weighted by atomic mass is 16.3. The predicted octanol–water partition coefficient (Wildman–Crippen LogP) is 3.51. The van der Waals surface area contributed by atoms with Gasteiger partial charge in [-0.05, 0) is 30.4 Å². The molecule has 0 amide bonds. The Morgan fingerprint density at radius 1 is 1.06 bits per heavy atom. The minimum atomic E-state index is 0.464. The average molecular weight is 231 g/mol. The molecule has 1 saturated carbocycles. The first-order chi connectivity index (χ1) is 8.36. The van der Waals surface area contributed by atoms with Crippen LogP contribution in [0.25, 0.3) is 0 Å². The normalized spacial score (nSPS) is 25.5. The smallest absolute Gasteiger partial charge is 0.120 e. The van der Waals surface area contributed by atoms with Gasteiger partial charge in [-0.25, -0.2) is 0 Å². The van der Waals surface area contributed by atoms with Gasteiger partial charge in [0.05, 0.1) is 0 Å². The summed E-state index contributed by atoms with van der Waals surface area (Å²) in [4.78, 5) is 0. The number of nitrogens with one attached hydrogen (secondary N) is 1. The van der Waals surface area contributed by atoms with Crippen LogP contribution in [0.15, 0.2) is 18.2 Å². The summed E-state index contributed by atoms with van der Waals surface area (Å²) in [7, 11) is 0. The van der Waals surface area contributed by atoms with Crippen molar-refractivity contribution in [2.24, 2.45) is 5.92 Å². The molecule has 1 atom stereocenters. The van der Waals surface area contributed by atoms with Crippen LogP contribution in [0.2, 0.25) is 0 Å². The Kier molecular flexibility index (Phi) is 3.06. The molecule has 0 bridgehead atoms. The molecule has 1 aromatic carbocycles. The molecule has 1 aliphatic carbocycles. The molecule has 0 saturated heterocycles. The molecule has 1 aromatic rings. The summed E-state index contributed by atoms with van der Waals surface area (Å²) in [6.07, 6.45) is 8.22. The van der Waals surface area contributed by atoms with E-state index in [9.17, 15) is 5.11 Å². The second-order valence-corrected chi connectivity index (χ2v) is 5.46. The van der Waals surface area contributed by atoms with E-state index in [0.29, 0.717) is 11.8 Å². The van der Waals surface area contributed by atoms with Gasteiger partial charge >= 0.3 is 0 Å². The molecule has 92 valence electrons. The van der Waals surface area contributed by atoms with Crippen molar-refractivity contribution in [3.05, 3.63) is 29.3 Å². The monoisotopic (exact) mass is 231 g/mol. The third-order valence-electron chi connectivity index (χ3n) is 4.39. The zero-order valence-corrected chi connectivity index (χ0v) is 10.3. The number of hydrogen-bond acceptors (Lipinski definition) is 2. The molecular formula is C15H21NO. The topological polar surface area (TPSA) is 32.3 Å². The van der Waals surface area contributed by atoms with Crippen molar-refractivity contribution >= 4 is 0 Å². The van der Waals surface area contributed by atoms with E-state index in [0.717, 1.165) is 18.0 Å². The van der Waals surface area contributed by atoms with Crippen molar-refractivity contribution < 1.29 is 5.11 Å². The quantitative estimate of drug-likeness (QED) is 0.725. The summed E-state index contributed by atoms with van der Waals surface area (Å²) in [5.74, 6) is 1.23. The van der Waals surface area contributed by atoms with Crippen LogP contribution in [-0.2, 0) is 6.54 Å². The fourth-order valence-corrected chi connectivity index (χ4v) is 3.46. The van der Waals surface area contributed by atoms with Crippen LogP contribution in [0, 0.1) is 5.92 Å². The van der Waals surface area contributed by atoms with E-state index in [1.54, 1.807) is 6.07 Å². The van der Waals surface area contributed by atoms with Crippen LogP contribution in [-0.4, -0.2) is 5.11 Å². The Morgan fingerprint density at radius 2 is 1.82 bits per heavy atom. The second kappa shape index (κ2) is 4.69. The van der Waals surface area contributed by atoms with E-state index >= 15 is 0 Å². The van der Waals surface area contributed by atoms with Gasteiger partial charge < -0.3 is 10.4 Å². The molecule has 0 radical (unpaired) electrons. The Bertz CT molecular complexity index is 394. The molecule has 1 heterocycles. The summed E-state index contributed by atoms with van der Waals surface area (Å²) < 4.78 is 0. The third kappa shape index (κ3) is 2.06. The molecule has 1 fully saturated rings. The third-order valence-corrected chi connectivity index (χ3v) is 4.39. The lowest BCUT2D eigenvalue weighted by Gasteiger charge is -2.23. The van der Waals surface area contributed by atoms with Crippen molar-refractivity contribution in [2.45, 2.75) is 51.1 Å². The number of phenols is 1. The van der Waals surface area contributed by atoms with E-state index in [1.807, 2.05) is 6.07 Å². The molecule has 17 heavy (non-hydrogen) atoms. The van der Waals surface area contributed by atoms with E-state index < -0.39 is 0 Å². The predicted molar refractivity (Wildman–Crippen MR) is 68.9 cm³/mol. The highest BCUT2D eigenvalue weighted by Crippen LogP contribution is 2.40. The fraction of sp³-hybridized carbons (Fsp3) is 0.600. The minimum Gasteiger partial charge on any atom is -0.508 e. The molecule has 1 unspecified atom stereocenters. The highest BCUT2D eigenvalue weighted by molar-refractivity contribution is 5.44. The maximum Gasteiger partial charge on any atom is 0.120 e.